The largest absolute Gasteiger partial charge is 0.462 e. The lowest BCUT2D eigenvalue weighted by Gasteiger charge is -2.18. The molecule has 1 unspecified atom stereocenters. The highest BCUT2D eigenvalue weighted by molar-refractivity contribution is 5.70. The predicted molar refractivity (Wildman–Crippen MR) is 297 cm³/mol. The summed E-state index contributed by atoms with van der Waals surface area (Å²) in [6.45, 7) is 7.64. The van der Waals surface area contributed by atoms with Crippen molar-refractivity contribution < 1.29 is 23.8 Å². The van der Waals surface area contributed by atoms with Crippen molar-refractivity contribution in [2.75, 3.05) is 19.8 Å². The van der Waals surface area contributed by atoms with Gasteiger partial charge in [0.1, 0.15) is 6.61 Å². The Hall–Kier alpha value is -2.92. The Balaban J connectivity index is 4.35. The van der Waals surface area contributed by atoms with E-state index in [-0.39, 0.29) is 25.2 Å². The van der Waals surface area contributed by atoms with Crippen LogP contribution < -0.4 is 0 Å². The normalized spacial score (nSPS) is 12.8. The number of unbranched alkanes of at least 4 members (excludes halogenated alkanes) is 28. The summed E-state index contributed by atoms with van der Waals surface area (Å²) in [5.74, 6) is -0.462. The van der Waals surface area contributed by atoms with E-state index in [0.717, 1.165) is 77.0 Å². The molecule has 5 heteroatoms. The van der Waals surface area contributed by atoms with Gasteiger partial charge in [0.15, 0.2) is 6.10 Å². The molecule has 5 nitrogen and oxygen atoms in total. The molecule has 0 N–H and O–H groups in total. The van der Waals surface area contributed by atoms with Crippen molar-refractivity contribution in [3.05, 3.63) is 85.1 Å². The third-order valence-electron chi connectivity index (χ3n) is 12.4. The van der Waals surface area contributed by atoms with Crippen molar-refractivity contribution in [2.45, 2.75) is 284 Å². The van der Waals surface area contributed by atoms with Crippen molar-refractivity contribution in [1.82, 2.24) is 0 Å². The summed E-state index contributed by atoms with van der Waals surface area (Å²) in [5, 5.41) is 0. The Morgan fingerprint density at radius 2 is 0.676 bits per heavy atom. The highest BCUT2D eigenvalue weighted by Crippen LogP contribution is 2.16. The van der Waals surface area contributed by atoms with E-state index in [9.17, 15) is 9.59 Å². The maximum atomic E-state index is 12.8. The van der Waals surface area contributed by atoms with Gasteiger partial charge < -0.3 is 14.2 Å². The summed E-state index contributed by atoms with van der Waals surface area (Å²) in [6, 6.07) is 0. The van der Waals surface area contributed by atoms with Crippen LogP contribution in [0.15, 0.2) is 85.1 Å². The molecular weight excluding hydrogens is 837 g/mol. The van der Waals surface area contributed by atoms with Gasteiger partial charge in [-0.2, -0.15) is 0 Å². The summed E-state index contributed by atoms with van der Waals surface area (Å²) in [4.78, 5) is 25.5. The molecule has 0 aliphatic rings. The number of esters is 2. The maximum Gasteiger partial charge on any atom is 0.306 e. The second-order valence-corrected chi connectivity index (χ2v) is 19.2. The van der Waals surface area contributed by atoms with Crippen molar-refractivity contribution in [1.29, 1.82) is 0 Å². The van der Waals surface area contributed by atoms with Gasteiger partial charge in [0.05, 0.1) is 6.61 Å². The van der Waals surface area contributed by atoms with Gasteiger partial charge in [0, 0.05) is 19.4 Å². The fraction of sp³-hybridized carbons (Fsp3) is 0.746. The lowest BCUT2D eigenvalue weighted by atomic mass is 10.0. The van der Waals surface area contributed by atoms with Crippen molar-refractivity contribution in [3.63, 3.8) is 0 Å². The topological polar surface area (TPSA) is 61.8 Å². The van der Waals surface area contributed by atoms with Crippen LogP contribution in [0.4, 0.5) is 0 Å². The number of carbonyl (C=O) groups is 2. The first-order chi connectivity index (χ1) is 33.6. The van der Waals surface area contributed by atoms with Gasteiger partial charge in [-0.15, -0.1) is 0 Å². The minimum atomic E-state index is -0.574. The molecule has 0 aromatic heterocycles. The molecule has 0 saturated carbocycles. The standard InChI is InChI=1S/C63H110O5/c1-4-7-10-13-16-19-22-25-28-31-32-34-35-38-41-44-47-50-53-56-62(64)67-60-61(59-66-58-55-52-49-46-43-40-37-30-27-24-21-18-15-12-9-6-3)68-63(65)57-54-51-48-45-42-39-36-33-29-26-23-20-17-14-11-8-5-2/h8,11,17-18,20-21,26-27,29-30,36,39,45,48,61H,4-7,9-10,12-16,19,22-25,28,31-35,37-38,40-44,46-47,49-60H2,1-3H3/b11-8-,20-17-,21-18-,29-26-,30-27-,39-36-,48-45-. The first-order valence-electron chi connectivity index (χ1n) is 29.1. The van der Waals surface area contributed by atoms with Crippen LogP contribution in [-0.2, 0) is 23.8 Å². The highest BCUT2D eigenvalue weighted by Gasteiger charge is 2.17. The summed E-state index contributed by atoms with van der Waals surface area (Å²) in [6.07, 6.45) is 77.6. The molecule has 0 bridgehead atoms. The number of hydrogen-bond donors (Lipinski definition) is 0. The number of rotatable bonds is 53. The van der Waals surface area contributed by atoms with Crippen LogP contribution in [0, 0.1) is 0 Å². The van der Waals surface area contributed by atoms with E-state index in [1.807, 2.05) is 0 Å². The minimum absolute atomic E-state index is 0.0577. The first kappa shape index (κ1) is 65.1. The summed E-state index contributed by atoms with van der Waals surface area (Å²) >= 11 is 0. The van der Waals surface area contributed by atoms with Crippen LogP contribution in [0.5, 0.6) is 0 Å². The molecule has 0 amide bonds. The Labute approximate surface area is 422 Å². The molecule has 0 fully saturated rings. The zero-order valence-electron chi connectivity index (χ0n) is 45.1. The Morgan fingerprint density at radius 3 is 1.13 bits per heavy atom. The molecule has 0 saturated heterocycles. The van der Waals surface area contributed by atoms with E-state index in [1.165, 1.54) is 167 Å². The number of hydrogen-bond acceptors (Lipinski definition) is 5. The lowest BCUT2D eigenvalue weighted by Crippen LogP contribution is -2.30. The molecule has 0 aliphatic carbocycles. The molecule has 0 aromatic rings. The SMILES string of the molecule is CC/C=C\C/C=C\C/C=C\C/C=C\C/C=C\CCCC(=O)OC(COCCCCCCCC/C=C\C/C=C\CCCCC)COC(=O)CCCCCCCCCCCCCCCCCCCCC. The molecule has 68 heavy (non-hydrogen) atoms. The van der Waals surface area contributed by atoms with Gasteiger partial charge in [-0.25, -0.2) is 0 Å². The second kappa shape index (κ2) is 58.4. The maximum absolute atomic E-state index is 12.8. The smallest absolute Gasteiger partial charge is 0.306 e. The van der Waals surface area contributed by atoms with Gasteiger partial charge in [-0.3, -0.25) is 9.59 Å². The molecular formula is C63H110O5. The zero-order chi connectivity index (χ0) is 49.2. The van der Waals surface area contributed by atoms with Gasteiger partial charge in [0.2, 0.25) is 0 Å². The van der Waals surface area contributed by atoms with Gasteiger partial charge >= 0.3 is 11.9 Å². The predicted octanol–water partition coefficient (Wildman–Crippen LogP) is 20.0. The summed E-state index contributed by atoms with van der Waals surface area (Å²) in [7, 11) is 0. The van der Waals surface area contributed by atoms with Gasteiger partial charge in [-0.1, -0.05) is 260 Å². The molecule has 0 radical (unpaired) electrons. The Bertz CT molecular complexity index is 1250. The highest BCUT2D eigenvalue weighted by atomic mass is 16.6. The van der Waals surface area contributed by atoms with E-state index < -0.39 is 6.10 Å². The second-order valence-electron chi connectivity index (χ2n) is 19.2. The van der Waals surface area contributed by atoms with Crippen LogP contribution in [0.3, 0.4) is 0 Å². The van der Waals surface area contributed by atoms with Crippen LogP contribution in [0.1, 0.15) is 278 Å². The first-order valence-corrected chi connectivity index (χ1v) is 29.1. The average Bonchev–Trinajstić information content (AvgIpc) is 3.34. The van der Waals surface area contributed by atoms with Crippen LogP contribution in [0.2, 0.25) is 0 Å². The molecule has 0 aliphatic heterocycles. The number of allylic oxidation sites excluding steroid dienone is 14. The Morgan fingerprint density at radius 1 is 0.338 bits per heavy atom. The zero-order valence-corrected chi connectivity index (χ0v) is 45.1. The average molecular weight is 948 g/mol. The van der Waals surface area contributed by atoms with E-state index >= 15 is 0 Å². The number of ether oxygens (including phenoxy) is 3. The minimum Gasteiger partial charge on any atom is -0.462 e. The van der Waals surface area contributed by atoms with Crippen molar-refractivity contribution in [2.24, 2.45) is 0 Å². The molecule has 0 rings (SSSR count). The fourth-order valence-electron chi connectivity index (χ4n) is 8.11. The molecule has 392 valence electrons. The monoisotopic (exact) mass is 947 g/mol. The van der Waals surface area contributed by atoms with Crippen LogP contribution in [-0.4, -0.2) is 37.9 Å². The molecule has 0 spiro atoms. The fourth-order valence-corrected chi connectivity index (χ4v) is 8.11. The van der Waals surface area contributed by atoms with Gasteiger partial charge in [-0.05, 0) is 89.9 Å². The van der Waals surface area contributed by atoms with E-state index in [2.05, 4.69) is 106 Å². The summed E-state index contributed by atoms with van der Waals surface area (Å²) in [5.41, 5.74) is 0. The molecule has 0 aromatic carbocycles. The quantitative estimate of drug-likeness (QED) is 0.0345. The molecule has 0 heterocycles. The van der Waals surface area contributed by atoms with Gasteiger partial charge in [0.25, 0.3) is 0 Å². The van der Waals surface area contributed by atoms with Crippen LogP contribution in [0.25, 0.3) is 0 Å². The van der Waals surface area contributed by atoms with E-state index in [1.54, 1.807) is 0 Å². The third-order valence-corrected chi connectivity index (χ3v) is 12.4. The van der Waals surface area contributed by atoms with E-state index in [4.69, 9.17) is 14.2 Å². The number of carbonyl (C=O) groups excluding carboxylic acids is 2. The van der Waals surface area contributed by atoms with Crippen molar-refractivity contribution >= 4 is 11.9 Å². The molecule has 1 atom stereocenters. The Kier molecular flexibility index (Phi) is 55.9. The lowest BCUT2D eigenvalue weighted by molar-refractivity contribution is -0.162. The van der Waals surface area contributed by atoms with Crippen molar-refractivity contribution in [3.8, 4) is 0 Å². The summed E-state index contributed by atoms with van der Waals surface area (Å²) < 4.78 is 17.4. The van der Waals surface area contributed by atoms with E-state index in [0.29, 0.717) is 19.4 Å². The third kappa shape index (κ3) is 55.7. The van der Waals surface area contributed by atoms with Crippen LogP contribution >= 0.6 is 0 Å².